The fraction of sp³-hybridized carbons (Fsp3) is 0.200. The van der Waals surface area contributed by atoms with Gasteiger partial charge in [0.2, 0.25) is 10.0 Å². The zero-order valence-electron chi connectivity index (χ0n) is 13.7. The molecule has 1 aromatic heterocycles. The second-order valence-corrected chi connectivity index (χ2v) is 7.44. The minimum Gasteiger partial charge on any atom is -0.321 e. The van der Waals surface area contributed by atoms with Crippen LogP contribution in [0.25, 0.3) is 0 Å². The van der Waals surface area contributed by atoms with Gasteiger partial charge in [-0.05, 0) is 37.4 Å². The summed E-state index contributed by atoms with van der Waals surface area (Å²) in [6.07, 6.45) is 0.873. The van der Waals surface area contributed by atoms with Gasteiger partial charge in [0.15, 0.2) is 0 Å². The van der Waals surface area contributed by atoms with Crippen LogP contribution in [-0.2, 0) is 15.7 Å². The summed E-state index contributed by atoms with van der Waals surface area (Å²) in [6, 6.07) is 5.59. The van der Waals surface area contributed by atoms with Crippen LogP contribution in [0.5, 0.6) is 0 Å². The second kappa shape index (κ2) is 7.41. The molecule has 0 spiro atoms. The highest BCUT2D eigenvalue weighted by atomic mass is 32.2. The van der Waals surface area contributed by atoms with E-state index in [1.807, 2.05) is 4.72 Å². The lowest BCUT2D eigenvalue weighted by molar-refractivity contribution is 0.102. The molecular weight excluding hydrogens is 368 g/mol. The first-order valence-corrected chi connectivity index (χ1v) is 8.91. The molecule has 0 fully saturated rings. The smallest absolute Gasteiger partial charge is 0.274 e. The predicted octanol–water partition coefficient (Wildman–Crippen LogP) is 0.232. The monoisotopic (exact) mass is 385 g/mol. The zero-order valence-corrected chi connectivity index (χ0v) is 14.5. The molecule has 0 unspecified atom stereocenters. The number of sulfonamides is 1. The Balaban J connectivity index is 2.29. The number of benzene rings is 1. The van der Waals surface area contributed by atoms with Crippen LogP contribution in [0, 0.1) is 11.6 Å². The van der Waals surface area contributed by atoms with Gasteiger partial charge in [-0.1, -0.05) is 0 Å². The van der Waals surface area contributed by atoms with Crippen molar-refractivity contribution in [3.63, 3.8) is 0 Å². The first kappa shape index (κ1) is 19.8. The largest absolute Gasteiger partial charge is 0.321 e. The zero-order chi connectivity index (χ0) is 19.5. The molecule has 11 heteroatoms. The highest BCUT2D eigenvalue weighted by Gasteiger charge is 2.31. The summed E-state index contributed by atoms with van der Waals surface area (Å²) >= 11 is 0. The third kappa shape index (κ3) is 4.79. The summed E-state index contributed by atoms with van der Waals surface area (Å²) in [7, 11) is -2.65. The van der Waals surface area contributed by atoms with Crippen molar-refractivity contribution in [2.24, 2.45) is 11.5 Å². The Morgan fingerprint density at radius 3 is 2.50 bits per heavy atom. The van der Waals surface area contributed by atoms with Gasteiger partial charge in [-0.25, -0.2) is 26.9 Å². The minimum atomic E-state index is -3.82. The average molecular weight is 385 g/mol. The molecule has 2 rings (SSSR count). The van der Waals surface area contributed by atoms with E-state index in [4.69, 9.17) is 11.5 Å². The highest BCUT2D eigenvalue weighted by molar-refractivity contribution is 7.89. The summed E-state index contributed by atoms with van der Waals surface area (Å²) in [5.74, 6) is -2.89. The van der Waals surface area contributed by atoms with E-state index in [9.17, 15) is 22.0 Å². The van der Waals surface area contributed by atoms with Gasteiger partial charge < -0.3 is 16.8 Å². The van der Waals surface area contributed by atoms with E-state index in [2.05, 4.69) is 10.3 Å². The van der Waals surface area contributed by atoms with Crippen LogP contribution in [0.15, 0.2) is 36.5 Å². The number of pyridine rings is 1. The number of nitrogens with one attached hydrogen (secondary N) is 2. The van der Waals surface area contributed by atoms with Crippen molar-refractivity contribution in [1.29, 1.82) is 0 Å². The van der Waals surface area contributed by atoms with Crippen LogP contribution in [0.1, 0.15) is 16.1 Å². The van der Waals surface area contributed by atoms with Crippen molar-refractivity contribution >= 4 is 21.6 Å². The molecular formula is C15H17F2N5O3S. The number of aromatic nitrogens is 1. The first-order chi connectivity index (χ1) is 12.0. The van der Waals surface area contributed by atoms with E-state index in [0.717, 1.165) is 24.4 Å². The Bertz CT molecular complexity index is 917. The normalized spacial score (nSPS) is 12.0. The van der Waals surface area contributed by atoms with E-state index in [1.165, 1.54) is 19.2 Å². The molecule has 1 amide bonds. The number of halogens is 2. The molecule has 0 aliphatic heterocycles. The topological polar surface area (TPSA) is 140 Å². The van der Waals surface area contributed by atoms with Crippen LogP contribution in [0.3, 0.4) is 0 Å². The van der Waals surface area contributed by atoms with E-state index in [-0.39, 0.29) is 16.9 Å². The molecule has 140 valence electrons. The van der Waals surface area contributed by atoms with Crippen molar-refractivity contribution < 1.29 is 22.0 Å². The molecule has 0 radical (unpaired) electrons. The lowest BCUT2D eigenvalue weighted by Gasteiger charge is -2.25. The number of hydrogen-bond acceptors (Lipinski definition) is 6. The molecule has 26 heavy (non-hydrogen) atoms. The fourth-order valence-electron chi connectivity index (χ4n) is 2.13. The number of hydrogen-bond donors (Lipinski definition) is 4. The van der Waals surface area contributed by atoms with Crippen molar-refractivity contribution in [2.75, 3.05) is 18.1 Å². The van der Waals surface area contributed by atoms with Crippen LogP contribution < -0.4 is 21.5 Å². The summed E-state index contributed by atoms with van der Waals surface area (Å²) < 4.78 is 52.3. The van der Waals surface area contributed by atoms with E-state index >= 15 is 0 Å². The van der Waals surface area contributed by atoms with Crippen molar-refractivity contribution in [1.82, 2.24) is 9.71 Å². The molecule has 0 saturated carbocycles. The van der Waals surface area contributed by atoms with Gasteiger partial charge in [0.05, 0.1) is 11.9 Å². The third-order valence-corrected chi connectivity index (χ3v) is 4.91. The van der Waals surface area contributed by atoms with E-state index in [1.54, 1.807) is 0 Å². The van der Waals surface area contributed by atoms with Gasteiger partial charge in [0.1, 0.15) is 23.0 Å². The third-order valence-electron chi connectivity index (χ3n) is 3.43. The SMILES string of the molecule is CNS(=O)(=O)CC(N)(N)c1cc(NC(=O)c2ccc(F)cn2)ccc1F. The molecule has 0 aliphatic rings. The molecule has 8 nitrogen and oxygen atoms in total. The molecule has 0 bridgehead atoms. The van der Waals surface area contributed by atoms with Crippen molar-refractivity contribution in [3.8, 4) is 0 Å². The number of carbonyl (C=O) groups excluding carboxylic acids is 1. The van der Waals surface area contributed by atoms with Crippen molar-refractivity contribution in [2.45, 2.75) is 5.66 Å². The van der Waals surface area contributed by atoms with E-state index in [0.29, 0.717) is 0 Å². The number of rotatable bonds is 6. The molecule has 0 saturated heterocycles. The lowest BCUT2D eigenvalue weighted by Crippen LogP contribution is -2.53. The number of nitrogens with two attached hydrogens (primary N) is 2. The van der Waals surface area contributed by atoms with E-state index < -0.39 is 39.0 Å². The fourth-order valence-corrected chi connectivity index (χ4v) is 3.06. The molecule has 6 N–H and O–H groups in total. The summed E-state index contributed by atoms with van der Waals surface area (Å²) in [5.41, 5.74) is 9.26. The maximum absolute atomic E-state index is 14.1. The number of anilines is 1. The maximum atomic E-state index is 14.1. The van der Waals surface area contributed by atoms with Crippen LogP contribution in [0.4, 0.5) is 14.5 Å². The molecule has 2 aromatic rings. The molecule has 1 heterocycles. The lowest BCUT2D eigenvalue weighted by atomic mass is 10.0. The number of carbonyl (C=O) groups is 1. The Morgan fingerprint density at radius 2 is 1.92 bits per heavy atom. The van der Waals surface area contributed by atoms with Crippen LogP contribution >= 0.6 is 0 Å². The minimum absolute atomic E-state index is 0.0678. The summed E-state index contributed by atoms with van der Waals surface area (Å²) in [5, 5.41) is 2.43. The molecule has 1 aromatic carbocycles. The van der Waals surface area contributed by atoms with Gasteiger partial charge in [0, 0.05) is 11.3 Å². The van der Waals surface area contributed by atoms with Crippen molar-refractivity contribution in [3.05, 3.63) is 59.4 Å². The summed E-state index contributed by atoms with van der Waals surface area (Å²) in [6.45, 7) is 0. The highest BCUT2D eigenvalue weighted by Crippen LogP contribution is 2.23. The van der Waals surface area contributed by atoms with Gasteiger partial charge in [-0.2, -0.15) is 0 Å². The van der Waals surface area contributed by atoms with Crippen LogP contribution in [0.2, 0.25) is 0 Å². The number of amides is 1. The predicted molar refractivity (Wildman–Crippen MR) is 91.4 cm³/mol. The Hall–Kier alpha value is -2.47. The quantitative estimate of drug-likeness (QED) is 0.525. The standard InChI is InChI=1S/C15H17F2N5O3S/c1-20-26(24,25)8-15(18,19)11-6-10(3-4-12(11)17)22-14(23)13-5-2-9(16)7-21-13/h2-7,20H,8,18-19H2,1H3,(H,22,23). The molecule has 0 atom stereocenters. The Labute approximate surface area is 148 Å². The Kier molecular flexibility index (Phi) is 5.66. The van der Waals surface area contributed by atoms with Gasteiger partial charge in [-0.15, -0.1) is 0 Å². The van der Waals surface area contributed by atoms with Gasteiger partial charge in [-0.3, -0.25) is 4.79 Å². The van der Waals surface area contributed by atoms with Gasteiger partial charge >= 0.3 is 0 Å². The maximum Gasteiger partial charge on any atom is 0.274 e. The summed E-state index contributed by atoms with van der Waals surface area (Å²) in [4.78, 5) is 15.7. The van der Waals surface area contributed by atoms with Gasteiger partial charge in [0.25, 0.3) is 5.91 Å². The Morgan fingerprint density at radius 1 is 1.23 bits per heavy atom. The average Bonchev–Trinajstić information content (AvgIpc) is 2.56. The second-order valence-electron chi connectivity index (χ2n) is 5.51. The number of nitrogens with zero attached hydrogens (tertiary/aromatic N) is 1. The first-order valence-electron chi connectivity index (χ1n) is 7.26. The molecule has 0 aliphatic carbocycles. The van der Waals surface area contributed by atoms with Crippen LogP contribution in [-0.4, -0.2) is 32.1 Å².